The van der Waals surface area contributed by atoms with Crippen molar-refractivity contribution in [2.75, 3.05) is 18.9 Å². The van der Waals surface area contributed by atoms with E-state index in [1.165, 1.54) is 16.4 Å². The van der Waals surface area contributed by atoms with Crippen molar-refractivity contribution in [3.05, 3.63) is 24.0 Å². The molecular weight excluding hydrogens is 283 g/mol. The molecule has 2 atom stereocenters. The number of hydrogen-bond donors (Lipinski definition) is 1. The molecule has 0 radical (unpaired) electrons. The van der Waals surface area contributed by atoms with Crippen LogP contribution in [0.2, 0.25) is 0 Å². The fourth-order valence-electron chi connectivity index (χ4n) is 2.34. The smallest absolute Gasteiger partial charge is 0.248 e. The van der Waals surface area contributed by atoms with E-state index in [4.69, 9.17) is 10.5 Å². The summed E-state index contributed by atoms with van der Waals surface area (Å²) in [7, 11) is -3.96. The van der Waals surface area contributed by atoms with E-state index in [-0.39, 0.29) is 24.4 Å². The van der Waals surface area contributed by atoms with Gasteiger partial charge in [-0.05, 0) is 25.5 Å². The molecule has 2 unspecified atom stereocenters. The van der Waals surface area contributed by atoms with Crippen LogP contribution in [0.15, 0.2) is 23.1 Å². The van der Waals surface area contributed by atoms with Gasteiger partial charge in [-0.2, -0.15) is 4.31 Å². The van der Waals surface area contributed by atoms with Gasteiger partial charge in [0.05, 0.1) is 18.4 Å². The van der Waals surface area contributed by atoms with Gasteiger partial charge in [0.25, 0.3) is 0 Å². The van der Waals surface area contributed by atoms with Crippen LogP contribution in [0.3, 0.4) is 0 Å². The summed E-state index contributed by atoms with van der Waals surface area (Å²) in [4.78, 5) is -0.437. The molecule has 1 aliphatic rings. The Hall–Kier alpha value is -1.18. The second-order valence-electron chi connectivity index (χ2n) is 4.94. The third-order valence-electron chi connectivity index (χ3n) is 3.45. The van der Waals surface area contributed by atoms with Crippen molar-refractivity contribution in [1.29, 1.82) is 0 Å². The average molecular weight is 302 g/mol. The molecule has 2 N–H and O–H groups in total. The third kappa shape index (κ3) is 2.65. The molecule has 0 saturated carbocycles. The highest BCUT2D eigenvalue weighted by Crippen LogP contribution is 2.29. The first-order valence-electron chi connectivity index (χ1n) is 6.55. The highest BCUT2D eigenvalue weighted by Gasteiger charge is 2.37. The van der Waals surface area contributed by atoms with Gasteiger partial charge in [0.2, 0.25) is 10.0 Å². The molecule has 1 fully saturated rings. The predicted molar refractivity (Wildman–Crippen MR) is 74.2 cm³/mol. The van der Waals surface area contributed by atoms with Crippen LogP contribution in [-0.2, 0) is 14.8 Å². The molecule has 1 saturated heterocycles. The Bertz CT molecular complexity index is 571. The zero-order chi connectivity index (χ0) is 14.9. The summed E-state index contributed by atoms with van der Waals surface area (Å²) >= 11 is 0. The second kappa shape index (κ2) is 5.67. The first-order valence-corrected chi connectivity index (χ1v) is 7.99. The number of anilines is 1. The molecule has 0 bridgehead atoms. The van der Waals surface area contributed by atoms with E-state index >= 15 is 0 Å². The second-order valence-corrected chi connectivity index (χ2v) is 6.77. The predicted octanol–water partition coefficient (Wildman–Crippen LogP) is 1.60. The minimum Gasteiger partial charge on any atom is -0.398 e. The first kappa shape index (κ1) is 15.2. The van der Waals surface area contributed by atoms with Crippen molar-refractivity contribution in [1.82, 2.24) is 4.31 Å². The summed E-state index contributed by atoms with van der Waals surface area (Å²) < 4.78 is 46.1. The van der Waals surface area contributed by atoms with Gasteiger partial charge in [-0.25, -0.2) is 12.8 Å². The molecule has 1 aliphatic heterocycles. The molecule has 7 heteroatoms. The number of benzene rings is 1. The zero-order valence-corrected chi connectivity index (χ0v) is 12.4. The number of nitrogens with two attached hydrogens (primary N) is 1. The topological polar surface area (TPSA) is 72.6 Å². The average Bonchev–Trinajstić information content (AvgIpc) is 2.38. The number of hydrogen-bond acceptors (Lipinski definition) is 4. The van der Waals surface area contributed by atoms with Crippen LogP contribution in [0.5, 0.6) is 0 Å². The fraction of sp³-hybridized carbons (Fsp3) is 0.538. The van der Waals surface area contributed by atoms with Crippen molar-refractivity contribution < 1.29 is 17.5 Å². The molecule has 112 valence electrons. The van der Waals surface area contributed by atoms with Gasteiger partial charge in [0, 0.05) is 12.6 Å². The summed E-state index contributed by atoms with van der Waals surface area (Å²) in [5.41, 5.74) is 5.59. The minimum atomic E-state index is -3.96. The Labute approximate surface area is 118 Å². The molecule has 0 aliphatic carbocycles. The number of morpholine rings is 1. The van der Waals surface area contributed by atoms with Crippen LogP contribution in [-0.4, -0.2) is 38.0 Å². The zero-order valence-electron chi connectivity index (χ0n) is 11.5. The van der Waals surface area contributed by atoms with Gasteiger partial charge in [-0.15, -0.1) is 0 Å². The quantitative estimate of drug-likeness (QED) is 0.861. The number of sulfonamides is 1. The van der Waals surface area contributed by atoms with Crippen LogP contribution < -0.4 is 5.73 Å². The summed E-state index contributed by atoms with van der Waals surface area (Å²) in [6.07, 6.45) is 0.376. The molecule has 0 aromatic heterocycles. The minimum absolute atomic E-state index is 0.0704. The Balaban J connectivity index is 2.48. The van der Waals surface area contributed by atoms with E-state index in [2.05, 4.69) is 0 Å². The van der Waals surface area contributed by atoms with E-state index in [0.29, 0.717) is 13.0 Å². The van der Waals surface area contributed by atoms with E-state index < -0.39 is 20.7 Å². The molecule has 5 nitrogen and oxygen atoms in total. The molecule has 2 rings (SSSR count). The maximum absolute atomic E-state index is 13.9. The lowest BCUT2D eigenvalue weighted by Crippen LogP contribution is -2.51. The van der Waals surface area contributed by atoms with Gasteiger partial charge in [0.1, 0.15) is 10.7 Å². The Morgan fingerprint density at radius 2 is 2.20 bits per heavy atom. The van der Waals surface area contributed by atoms with Crippen LogP contribution in [0.25, 0.3) is 0 Å². The van der Waals surface area contributed by atoms with Gasteiger partial charge < -0.3 is 10.5 Å². The lowest BCUT2D eigenvalue weighted by molar-refractivity contribution is -0.0230. The van der Waals surface area contributed by atoms with Crippen molar-refractivity contribution in [3.8, 4) is 0 Å². The molecule has 1 aromatic carbocycles. The number of ether oxygens (including phenoxy) is 1. The highest BCUT2D eigenvalue weighted by molar-refractivity contribution is 7.89. The van der Waals surface area contributed by atoms with Crippen molar-refractivity contribution in [2.24, 2.45) is 0 Å². The summed E-state index contributed by atoms with van der Waals surface area (Å²) in [6, 6.07) is 3.59. The monoisotopic (exact) mass is 302 g/mol. The number of nitrogen functional groups attached to an aromatic ring is 1. The Morgan fingerprint density at radius 3 is 2.80 bits per heavy atom. The SMILES string of the molecule is CCC1COC(C)CN1S(=O)(=O)c1c(N)cccc1F. The summed E-state index contributed by atoms with van der Waals surface area (Å²) in [5, 5.41) is 0. The van der Waals surface area contributed by atoms with Crippen molar-refractivity contribution >= 4 is 15.7 Å². The number of rotatable bonds is 3. The van der Waals surface area contributed by atoms with Gasteiger partial charge in [-0.3, -0.25) is 0 Å². The molecule has 0 spiro atoms. The van der Waals surface area contributed by atoms with E-state index in [1.807, 2.05) is 6.92 Å². The molecule has 1 aromatic rings. The standard InChI is InChI=1S/C13H19FN2O3S/c1-3-10-8-19-9(2)7-16(10)20(17,18)13-11(14)5-4-6-12(13)15/h4-6,9-10H,3,7-8,15H2,1-2H3. The van der Waals surface area contributed by atoms with Crippen LogP contribution in [0.1, 0.15) is 20.3 Å². The molecule has 0 amide bonds. The number of nitrogens with zero attached hydrogens (tertiary/aromatic N) is 1. The van der Waals surface area contributed by atoms with Crippen LogP contribution in [0.4, 0.5) is 10.1 Å². The Morgan fingerprint density at radius 1 is 1.50 bits per heavy atom. The lowest BCUT2D eigenvalue weighted by atomic mass is 10.2. The maximum atomic E-state index is 13.9. The Kier molecular flexibility index (Phi) is 4.31. The fourth-order valence-corrected chi connectivity index (χ4v) is 4.27. The molecule has 1 heterocycles. The maximum Gasteiger partial charge on any atom is 0.248 e. The van der Waals surface area contributed by atoms with Gasteiger partial charge in [0.15, 0.2) is 0 Å². The van der Waals surface area contributed by atoms with E-state index in [1.54, 1.807) is 6.92 Å². The largest absolute Gasteiger partial charge is 0.398 e. The summed E-state index contributed by atoms with van der Waals surface area (Å²) in [5.74, 6) is -0.820. The number of halogens is 1. The molecular formula is C13H19FN2O3S. The summed E-state index contributed by atoms with van der Waals surface area (Å²) in [6.45, 7) is 4.18. The van der Waals surface area contributed by atoms with E-state index in [0.717, 1.165) is 6.07 Å². The van der Waals surface area contributed by atoms with Gasteiger partial charge in [-0.1, -0.05) is 13.0 Å². The third-order valence-corrected chi connectivity index (χ3v) is 5.46. The normalized spacial score (nSPS) is 24.8. The van der Waals surface area contributed by atoms with Crippen LogP contribution >= 0.6 is 0 Å². The van der Waals surface area contributed by atoms with Crippen LogP contribution in [0, 0.1) is 5.82 Å². The lowest BCUT2D eigenvalue weighted by Gasteiger charge is -2.37. The highest BCUT2D eigenvalue weighted by atomic mass is 32.2. The van der Waals surface area contributed by atoms with Crippen molar-refractivity contribution in [2.45, 2.75) is 37.3 Å². The van der Waals surface area contributed by atoms with E-state index in [9.17, 15) is 12.8 Å². The first-order chi connectivity index (χ1) is 9.37. The van der Waals surface area contributed by atoms with Crippen molar-refractivity contribution in [3.63, 3.8) is 0 Å². The molecule has 20 heavy (non-hydrogen) atoms. The van der Waals surface area contributed by atoms with Gasteiger partial charge >= 0.3 is 0 Å².